The summed E-state index contributed by atoms with van der Waals surface area (Å²) in [6.07, 6.45) is 5.24. The van der Waals surface area contributed by atoms with Crippen molar-refractivity contribution in [1.82, 2.24) is 4.90 Å². The van der Waals surface area contributed by atoms with Crippen LogP contribution in [0.5, 0.6) is 0 Å². The summed E-state index contributed by atoms with van der Waals surface area (Å²) in [5.41, 5.74) is 6.54. The van der Waals surface area contributed by atoms with Gasteiger partial charge in [-0.05, 0) is 84.8 Å². The molecule has 0 aromatic heterocycles. The van der Waals surface area contributed by atoms with E-state index in [-0.39, 0.29) is 18.5 Å². The molecule has 1 heterocycles. The molecule has 3 aromatic rings. The summed E-state index contributed by atoms with van der Waals surface area (Å²) in [5.74, 6) is 1.26. The van der Waals surface area contributed by atoms with E-state index in [0.29, 0.717) is 11.8 Å². The zero-order chi connectivity index (χ0) is 21.0. The molecule has 1 aliphatic carbocycles. The highest BCUT2D eigenvalue weighted by atomic mass is 35.5. The molecule has 3 aromatic carbocycles. The van der Waals surface area contributed by atoms with Crippen molar-refractivity contribution in [2.45, 2.75) is 44.1 Å². The second-order valence-electron chi connectivity index (χ2n) is 9.38. The first-order valence-corrected chi connectivity index (χ1v) is 11.9. The molecule has 0 bridgehead atoms. The van der Waals surface area contributed by atoms with Gasteiger partial charge in [0.2, 0.25) is 0 Å². The largest absolute Gasteiger partial charge is 0.388 e. The van der Waals surface area contributed by atoms with Gasteiger partial charge in [-0.2, -0.15) is 0 Å². The van der Waals surface area contributed by atoms with Gasteiger partial charge in [-0.3, -0.25) is 0 Å². The van der Waals surface area contributed by atoms with Gasteiger partial charge in [0.15, 0.2) is 0 Å². The first-order valence-electron chi connectivity index (χ1n) is 11.9. The van der Waals surface area contributed by atoms with E-state index >= 15 is 0 Å². The molecule has 0 spiro atoms. The fourth-order valence-electron chi connectivity index (χ4n) is 5.70. The van der Waals surface area contributed by atoms with Crippen molar-refractivity contribution in [1.29, 1.82) is 0 Å². The Balaban J connectivity index is 0.00000245. The fraction of sp³-hybridized carbons (Fsp3) is 0.379. The van der Waals surface area contributed by atoms with E-state index in [4.69, 9.17) is 0 Å². The quantitative estimate of drug-likeness (QED) is 0.453. The second-order valence-corrected chi connectivity index (χ2v) is 9.38. The van der Waals surface area contributed by atoms with Gasteiger partial charge < -0.3 is 10.0 Å². The lowest BCUT2D eigenvalue weighted by atomic mass is 9.88. The maximum Gasteiger partial charge on any atom is 0.0796 e. The maximum absolute atomic E-state index is 11.1. The Labute approximate surface area is 198 Å². The molecule has 1 fully saturated rings. The molecule has 1 aliphatic heterocycles. The van der Waals surface area contributed by atoms with E-state index in [1.807, 2.05) is 0 Å². The molecule has 2 atom stereocenters. The lowest BCUT2D eigenvalue weighted by Crippen LogP contribution is -2.36. The van der Waals surface area contributed by atoms with Crippen LogP contribution in [-0.4, -0.2) is 29.6 Å². The first-order chi connectivity index (χ1) is 15.3. The highest BCUT2D eigenvalue weighted by Gasteiger charge is 2.28. The number of hydrogen-bond acceptors (Lipinski definition) is 2. The summed E-state index contributed by atoms with van der Waals surface area (Å²) in [6, 6.07) is 28.1. The Hall–Kier alpha value is -2.13. The third-order valence-corrected chi connectivity index (χ3v) is 7.39. The van der Waals surface area contributed by atoms with Gasteiger partial charge in [0, 0.05) is 6.54 Å². The monoisotopic (exact) mass is 447 g/mol. The van der Waals surface area contributed by atoms with E-state index in [1.54, 1.807) is 0 Å². The van der Waals surface area contributed by atoms with E-state index in [9.17, 15) is 5.11 Å². The maximum atomic E-state index is 11.1. The standard InChI is InChI=1S/C29H33NO.ClH/c31-29-20-22(21-30-18-16-24(17-19-30)23-8-3-1-4-9-23)14-15-27-26(12-7-13-28(27)29)25-10-5-2-6-11-25;/h1-13,22,24,29,31H,14-21H2;1H/t22-,29-;/m0./s1. The van der Waals surface area contributed by atoms with Crippen molar-refractivity contribution in [3.63, 3.8) is 0 Å². The Bertz CT molecular complexity index is 983. The van der Waals surface area contributed by atoms with Crippen molar-refractivity contribution in [2.75, 3.05) is 19.6 Å². The van der Waals surface area contributed by atoms with Gasteiger partial charge in [0.05, 0.1) is 6.10 Å². The predicted octanol–water partition coefficient (Wildman–Crippen LogP) is 6.64. The summed E-state index contributed by atoms with van der Waals surface area (Å²) in [4.78, 5) is 2.64. The number of aliphatic hydroxyl groups excluding tert-OH is 1. The van der Waals surface area contributed by atoms with Crippen LogP contribution in [0.4, 0.5) is 0 Å². The predicted molar refractivity (Wildman–Crippen MR) is 135 cm³/mol. The van der Waals surface area contributed by atoms with Crippen molar-refractivity contribution >= 4 is 12.4 Å². The molecule has 2 nitrogen and oxygen atoms in total. The van der Waals surface area contributed by atoms with Crippen LogP contribution in [0.3, 0.4) is 0 Å². The second kappa shape index (κ2) is 10.7. The van der Waals surface area contributed by atoms with Gasteiger partial charge in [-0.1, -0.05) is 78.9 Å². The van der Waals surface area contributed by atoms with E-state index in [1.165, 1.54) is 48.2 Å². The van der Waals surface area contributed by atoms with Crippen LogP contribution in [0.2, 0.25) is 0 Å². The molecule has 0 amide bonds. The summed E-state index contributed by atoms with van der Waals surface area (Å²) in [7, 11) is 0. The normalized spacial score (nSPS) is 21.9. The number of likely N-dealkylation sites (tertiary alicyclic amines) is 1. The van der Waals surface area contributed by atoms with Crippen molar-refractivity contribution in [2.24, 2.45) is 5.92 Å². The summed E-state index contributed by atoms with van der Waals surface area (Å²) >= 11 is 0. The average Bonchev–Trinajstić information content (AvgIpc) is 2.99. The minimum atomic E-state index is -0.354. The minimum Gasteiger partial charge on any atom is -0.388 e. The number of piperidine rings is 1. The zero-order valence-corrected chi connectivity index (χ0v) is 19.5. The molecule has 5 rings (SSSR count). The van der Waals surface area contributed by atoms with E-state index in [2.05, 4.69) is 83.8 Å². The Morgan fingerprint density at radius 3 is 2.19 bits per heavy atom. The number of halogens is 1. The summed E-state index contributed by atoms with van der Waals surface area (Å²) in [6.45, 7) is 3.47. The van der Waals surface area contributed by atoms with E-state index in [0.717, 1.165) is 31.4 Å². The summed E-state index contributed by atoms with van der Waals surface area (Å²) < 4.78 is 0. The number of benzene rings is 3. The fourth-order valence-corrected chi connectivity index (χ4v) is 5.70. The van der Waals surface area contributed by atoms with Crippen LogP contribution < -0.4 is 0 Å². The molecule has 1 N–H and O–H groups in total. The molecule has 168 valence electrons. The Kier molecular flexibility index (Phi) is 7.67. The lowest BCUT2D eigenvalue weighted by Gasteiger charge is -2.34. The highest BCUT2D eigenvalue weighted by Crippen LogP contribution is 2.38. The molecular formula is C29H34ClNO. The van der Waals surface area contributed by atoms with Crippen LogP contribution in [0.25, 0.3) is 11.1 Å². The molecule has 1 saturated heterocycles. The number of hydrogen-bond donors (Lipinski definition) is 1. The third-order valence-electron chi connectivity index (χ3n) is 7.39. The van der Waals surface area contributed by atoms with Crippen LogP contribution >= 0.6 is 12.4 Å². The molecule has 0 radical (unpaired) electrons. The minimum absolute atomic E-state index is 0. The number of fused-ring (bicyclic) bond motifs is 1. The van der Waals surface area contributed by atoms with E-state index < -0.39 is 0 Å². The van der Waals surface area contributed by atoms with Crippen LogP contribution in [0.15, 0.2) is 78.9 Å². The van der Waals surface area contributed by atoms with Gasteiger partial charge in [0.25, 0.3) is 0 Å². The molecule has 0 saturated carbocycles. The SMILES string of the molecule is Cl.O[C@H]1C[C@@H](CN2CCC(c3ccccc3)CC2)CCc2c(-c3ccccc3)cccc21. The van der Waals surface area contributed by atoms with Crippen LogP contribution in [0, 0.1) is 5.92 Å². The number of rotatable bonds is 4. The van der Waals surface area contributed by atoms with Gasteiger partial charge >= 0.3 is 0 Å². The van der Waals surface area contributed by atoms with Gasteiger partial charge in [0.1, 0.15) is 0 Å². The average molecular weight is 448 g/mol. The number of nitrogens with zero attached hydrogens (tertiary/aromatic N) is 1. The topological polar surface area (TPSA) is 23.5 Å². The molecule has 0 unspecified atom stereocenters. The summed E-state index contributed by atoms with van der Waals surface area (Å²) in [5, 5.41) is 11.1. The molecule has 3 heteroatoms. The van der Waals surface area contributed by atoms with Crippen LogP contribution in [0.1, 0.15) is 54.4 Å². The Morgan fingerprint density at radius 2 is 1.47 bits per heavy atom. The molecule has 32 heavy (non-hydrogen) atoms. The van der Waals surface area contributed by atoms with Crippen molar-refractivity contribution in [3.8, 4) is 11.1 Å². The highest BCUT2D eigenvalue weighted by molar-refractivity contribution is 5.85. The molecule has 2 aliphatic rings. The Morgan fingerprint density at radius 1 is 0.781 bits per heavy atom. The van der Waals surface area contributed by atoms with Gasteiger partial charge in [-0.15, -0.1) is 12.4 Å². The smallest absolute Gasteiger partial charge is 0.0796 e. The number of aliphatic hydroxyl groups is 1. The lowest BCUT2D eigenvalue weighted by molar-refractivity contribution is 0.117. The van der Waals surface area contributed by atoms with Crippen molar-refractivity contribution < 1.29 is 5.11 Å². The van der Waals surface area contributed by atoms with Crippen LogP contribution in [-0.2, 0) is 6.42 Å². The zero-order valence-electron chi connectivity index (χ0n) is 18.7. The van der Waals surface area contributed by atoms with Gasteiger partial charge in [-0.25, -0.2) is 0 Å². The van der Waals surface area contributed by atoms with Crippen molar-refractivity contribution in [3.05, 3.63) is 95.6 Å². The first kappa shape index (κ1) is 23.0. The molecular weight excluding hydrogens is 414 g/mol. The third kappa shape index (κ3) is 5.09.